The predicted octanol–water partition coefficient (Wildman–Crippen LogP) is 8.88. The first kappa shape index (κ1) is 26.5. The van der Waals surface area contributed by atoms with E-state index in [0.717, 1.165) is 53.4 Å². The molecule has 1 N–H and O–H groups in total. The van der Waals surface area contributed by atoms with E-state index in [1.165, 1.54) is 6.42 Å². The Bertz CT molecular complexity index is 1180. The molecule has 2 fully saturated rings. The van der Waals surface area contributed by atoms with E-state index >= 15 is 0 Å². The lowest BCUT2D eigenvalue weighted by molar-refractivity contribution is 0.357. The van der Waals surface area contributed by atoms with Crippen LogP contribution in [0, 0.1) is 12.3 Å². The van der Waals surface area contributed by atoms with Crippen LogP contribution in [0.1, 0.15) is 64.0 Å². The molecule has 1 spiro atoms. The highest BCUT2D eigenvalue weighted by molar-refractivity contribution is 7.80. The van der Waals surface area contributed by atoms with Crippen molar-refractivity contribution in [3.8, 4) is 0 Å². The Labute approximate surface area is 229 Å². The lowest BCUT2D eigenvalue weighted by atomic mass is 9.79. The van der Waals surface area contributed by atoms with Gasteiger partial charge in [-0.15, -0.1) is 0 Å². The topological polar surface area (TPSA) is 27.6 Å². The molecule has 1 saturated carbocycles. The molecule has 1 heterocycles. The molecule has 1 saturated heterocycles. The fraction of sp³-hybridized carbons (Fsp3) is 0.429. The maximum Gasteiger partial charge on any atom is 0.179 e. The molecule has 35 heavy (non-hydrogen) atoms. The standard InChI is InChI=1S/C28H32Cl3N3S/c1-18-8-12-21(17-22(18)30)34-26(35)33-25(28(34)14-6-5-7-15-28)32-24(27(2,3)4)13-10-19-9-11-20(29)16-23(19)31/h8-13,16-17,24H,5-7,14-15H2,1-4H3,(H,32,33,35). The summed E-state index contributed by atoms with van der Waals surface area (Å²) in [5, 5.41) is 6.18. The van der Waals surface area contributed by atoms with Gasteiger partial charge in [-0.3, -0.25) is 4.99 Å². The molecule has 1 atom stereocenters. The monoisotopic (exact) mass is 547 g/mol. The normalized spacial score (nSPS) is 20.1. The van der Waals surface area contributed by atoms with Crippen LogP contribution in [0.4, 0.5) is 5.69 Å². The molecule has 2 aliphatic rings. The number of hydrogen-bond donors (Lipinski definition) is 1. The van der Waals surface area contributed by atoms with Gasteiger partial charge in [0.05, 0.1) is 6.04 Å². The van der Waals surface area contributed by atoms with Crippen LogP contribution in [0.5, 0.6) is 0 Å². The SMILES string of the molecule is Cc1ccc(N2C(=S)NC(=NC(C=Cc3ccc(Cl)cc3Cl)C(C)(C)C)C23CCCCC3)cc1Cl. The summed E-state index contributed by atoms with van der Waals surface area (Å²) < 4.78 is 0. The van der Waals surface area contributed by atoms with Crippen LogP contribution in [0.2, 0.25) is 15.1 Å². The van der Waals surface area contributed by atoms with Crippen molar-refractivity contribution in [2.24, 2.45) is 10.4 Å². The summed E-state index contributed by atoms with van der Waals surface area (Å²) in [5.74, 6) is 0.950. The van der Waals surface area contributed by atoms with Crippen molar-refractivity contribution in [3.05, 3.63) is 68.7 Å². The summed E-state index contributed by atoms with van der Waals surface area (Å²) in [6, 6.07) is 11.7. The van der Waals surface area contributed by atoms with Gasteiger partial charge in [-0.05, 0) is 72.8 Å². The number of halogens is 3. The summed E-state index contributed by atoms with van der Waals surface area (Å²) in [5.41, 5.74) is 2.59. The van der Waals surface area contributed by atoms with Gasteiger partial charge >= 0.3 is 0 Å². The zero-order chi connectivity index (χ0) is 25.4. The van der Waals surface area contributed by atoms with Gasteiger partial charge in [0.1, 0.15) is 11.4 Å². The van der Waals surface area contributed by atoms with Crippen molar-refractivity contribution < 1.29 is 0 Å². The van der Waals surface area contributed by atoms with Crippen molar-refractivity contribution in [1.82, 2.24) is 5.32 Å². The van der Waals surface area contributed by atoms with Gasteiger partial charge in [-0.2, -0.15) is 0 Å². The predicted molar refractivity (Wildman–Crippen MR) is 156 cm³/mol. The van der Waals surface area contributed by atoms with E-state index < -0.39 is 0 Å². The summed E-state index contributed by atoms with van der Waals surface area (Å²) in [4.78, 5) is 7.59. The highest BCUT2D eigenvalue weighted by Crippen LogP contribution is 2.42. The Morgan fingerprint density at radius 3 is 2.37 bits per heavy atom. The Morgan fingerprint density at radius 2 is 1.74 bits per heavy atom. The summed E-state index contributed by atoms with van der Waals surface area (Å²) in [6.07, 6.45) is 9.65. The van der Waals surface area contributed by atoms with E-state index in [4.69, 9.17) is 52.0 Å². The average molecular weight is 549 g/mol. The molecule has 0 radical (unpaired) electrons. The molecule has 1 aliphatic heterocycles. The van der Waals surface area contributed by atoms with E-state index in [1.54, 1.807) is 6.07 Å². The third-order valence-corrected chi connectivity index (χ3v) is 8.22. The molecule has 2 aromatic carbocycles. The molecule has 186 valence electrons. The van der Waals surface area contributed by atoms with Crippen molar-refractivity contribution in [2.45, 2.75) is 71.4 Å². The highest BCUT2D eigenvalue weighted by atomic mass is 35.5. The highest BCUT2D eigenvalue weighted by Gasteiger charge is 2.50. The molecule has 3 nitrogen and oxygen atoms in total. The number of aryl methyl sites for hydroxylation is 1. The first-order valence-corrected chi connectivity index (χ1v) is 13.6. The van der Waals surface area contributed by atoms with Gasteiger partial charge < -0.3 is 10.2 Å². The second-order valence-electron chi connectivity index (χ2n) is 10.6. The van der Waals surface area contributed by atoms with E-state index in [2.05, 4.69) is 49.2 Å². The maximum absolute atomic E-state index is 6.52. The number of nitrogens with one attached hydrogen (secondary N) is 1. The molecule has 7 heteroatoms. The number of anilines is 1. The maximum atomic E-state index is 6.52. The van der Waals surface area contributed by atoms with E-state index in [9.17, 15) is 0 Å². The summed E-state index contributed by atoms with van der Waals surface area (Å²) in [7, 11) is 0. The Balaban J connectivity index is 1.76. The Kier molecular flexibility index (Phi) is 7.88. The number of rotatable bonds is 4. The van der Waals surface area contributed by atoms with Crippen molar-refractivity contribution in [3.63, 3.8) is 0 Å². The fourth-order valence-electron chi connectivity index (χ4n) is 4.90. The smallest absolute Gasteiger partial charge is 0.179 e. The number of benzene rings is 2. The van der Waals surface area contributed by atoms with Crippen LogP contribution >= 0.6 is 47.0 Å². The second-order valence-corrected chi connectivity index (χ2v) is 12.2. The first-order valence-electron chi connectivity index (χ1n) is 12.1. The van der Waals surface area contributed by atoms with Crippen molar-refractivity contribution in [1.29, 1.82) is 0 Å². The van der Waals surface area contributed by atoms with Crippen molar-refractivity contribution >= 4 is 69.7 Å². The minimum Gasteiger partial charge on any atom is -0.319 e. The molecule has 4 rings (SSSR count). The van der Waals surface area contributed by atoms with E-state index in [-0.39, 0.29) is 17.0 Å². The molecular weight excluding hydrogens is 517 g/mol. The van der Waals surface area contributed by atoms with Gasteiger partial charge in [-0.1, -0.05) is 99.1 Å². The lowest BCUT2D eigenvalue weighted by Crippen LogP contribution is -2.51. The second kappa shape index (κ2) is 10.4. The average Bonchev–Trinajstić information content (AvgIpc) is 3.04. The largest absolute Gasteiger partial charge is 0.319 e. The van der Waals surface area contributed by atoms with Crippen LogP contribution in [0.25, 0.3) is 6.08 Å². The Hall–Kier alpha value is -1.59. The molecule has 0 amide bonds. The lowest BCUT2D eigenvalue weighted by Gasteiger charge is -2.41. The van der Waals surface area contributed by atoms with Gasteiger partial charge in [0.25, 0.3) is 0 Å². The number of amidine groups is 1. The van der Waals surface area contributed by atoms with Gasteiger partial charge in [0, 0.05) is 20.8 Å². The van der Waals surface area contributed by atoms with Crippen molar-refractivity contribution in [2.75, 3.05) is 4.90 Å². The quantitative estimate of drug-likeness (QED) is 0.387. The molecule has 0 bridgehead atoms. The minimum atomic E-state index is -0.289. The third-order valence-electron chi connectivity index (χ3n) is 6.97. The summed E-state index contributed by atoms with van der Waals surface area (Å²) in [6.45, 7) is 8.62. The molecule has 2 aromatic rings. The van der Waals surface area contributed by atoms with Crippen LogP contribution in [0.3, 0.4) is 0 Å². The van der Waals surface area contributed by atoms with Crippen LogP contribution in [0.15, 0.2) is 47.5 Å². The third kappa shape index (κ3) is 5.56. The minimum absolute atomic E-state index is 0.0834. The number of hydrogen-bond acceptors (Lipinski definition) is 2. The van der Waals surface area contributed by atoms with Gasteiger partial charge in [-0.25, -0.2) is 0 Å². The molecule has 1 aliphatic carbocycles. The number of thiocarbonyl (C=S) groups is 1. The van der Waals surface area contributed by atoms with Crippen LogP contribution in [-0.4, -0.2) is 22.5 Å². The zero-order valence-electron chi connectivity index (χ0n) is 20.7. The van der Waals surface area contributed by atoms with Gasteiger partial charge in [0.15, 0.2) is 5.11 Å². The van der Waals surface area contributed by atoms with Gasteiger partial charge in [0.2, 0.25) is 0 Å². The number of nitrogens with zero attached hydrogens (tertiary/aromatic N) is 2. The molecular formula is C28H32Cl3N3S. The fourth-order valence-corrected chi connectivity index (χ4v) is 5.93. The first-order chi connectivity index (χ1) is 16.5. The van der Waals surface area contributed by atoms with E-state index in [0.29, 0.717) is 15.2 Å². The zero-order valence-corrected chi connectivity index (χ0v) is 23.8. The molecule has 0 aromatic heterocycles. The molecule has 1 unspecified atom stereocenters. The Morgan fingerprint density at radius 1 is 1.03 bits per heavy atom. The van der Waals surface area contributed by atoms with Crippen LogP contribution < -0.4 is 10.2 Å². The van der Waals surface area contributed by atoms with E-state index in [1.807, 2.05) is 31.2 Å². The summed E-state index contributed by atoms with van der Waals surface area (Å²) >= 11 is 24.9. The van der Waals surface area contributed by atoms with Crippen LogP contribution in [-0.2, 0) is 0 Å². The number of aliphatic imine (C=N–C) groups is 1.